The van der Waals surface area contributed by atoms with Gasteiger partial charge in [-0.3, -0.25) is 4.79 Å². The lowest BCUT2D eigenvalue weighted by atomic mass is 9.94. The summed E-state index contributed by atoms with van der Waals surface area (Å²) in [4.78, 5) is 25.5. The summed E-state index contributed by atoms with van der Waals surface area (Å²) < 4.78 is 0. The highest BCUT2D eigenvalue weighted by atomic mass is 35.5. The maximum atomic E-state index is 12.2. The molecule has 1 aliphatic heterocycles. The van der Waals surface area contributed by atoms with Crippen molar-refractivity contribution >= 4 is 40.7 Å². The molecule has 108 valence electrons. The van der Waals surface area contributed by atoms with Crippen LogP contribution in [0.3, 0.4) is 0 Å². The predicted molar refractivity (Wildman–Crippen MR) is 80.5 cm³/mol. The van der Waals surface area contributed by atoms with Crippen LogP contribution in [0.2, 0.25) is 10.0 Å². The van der Waals surface area contributed by atoms with Crippen LogP contribution >= 0.6 is 23.2 Å². The van der Waals surface area contributed by atoms with Gasteiger partial charge < -0.3 is 10.2 Å². The number of nitrogens with zero attached hydrogens (tertiary/aromatic N) is 1. The Balaban J connectivity index is 2.01. The Morgan fingerprint density at radius 1 is 1.40 bits per heavy atom. The van der Waals surface area contributed by atoms with E-state index in [0.717, 1.165) is 6.42 Å². The second kappa shape index (κ2) is 6.46. The van der Waals surface area contributed by atoms with Gasteiger partial charge >= 0.3 is 6.03 Å². The molecule has 0 radical (unpaired) electrons. The fourth-order valence-corrected chi connectivity index (χ4v) is 2.52. The first kappa shape index (κ1) is 15.1. The number of hydrogen-bond donors (Lipinski definition) is 1. The Hall–Kier alpha value is -1.26. The molecule has 6 heteroatoms. The molecule has 1 N–H and O–H groups in total. The third kappa shape index (κ3) is 3.44. The fraction of sp³-hybridized carbons (Fsp3) is 0.429. The number of likely N-dealkylation sites (tertiary alicyclic amines) is 1. The average Bonchev–Trinajstić information content (AvgIpc) is 2.43. The number of ketones is 1. The van der Waals surface area contributed by atoms with Crippen molar-refractivity contribution in [1.82, 2.24) is 4.90 Å². The molecule has 1 aromatic carbocycles. The number of rotatable bonds is 2. The van der Waals surface area contributed by atoms with Crippen LogP contribution in [0.4, 0.5) is 10.5 Å². The predicted octanol–water partition coefficient (Wildman–Crippen LogP) is 3.83. The third-order valence-electron chi connectivity index (χ3n) is 3.48. The average molecular weight is 315 g/mol. The Morgan fingerprint density at radius 2 is 2.15 bits per heavy atom. The van der Waals surface area contributed by atoms with Gasteiger partial charge in [0, 0.05) is 31.1 Å². The molecule has 1 saturated heterocycles. The number of nitrogens with one attached hydrogen (secondary N) is 1. The zero-order valence-electron chi connectivity index (χ0n) is 11.2. The first-order valence-electron chi connectivity index (χ1n) is 6.55. The van der Waals surface area contributed by atoms with Gasteiger partial charge in [0.15, 0.2) is 0 Å². The number of amides is 2. The number of hydrogen-bond acceptors (Lipinski definition) is 2. The van der Waals surface area contributed by atoms with Crippen LogP contribution in [-0.2, 0) is 4.79 Å². The monoisotopic (exact) mass is 314 g/mol. The van der Waals surface area contributed by atoms with E-state index in [1.165, 1.54) is 0 Å². The highest BCUT2D eigenvalue weighted by Crippen LogP contribution is 2.25. The van der Waals surface area contributed by atoms with Crippen molar-refractivity contribution < 1.29 is 9.59 Å². The van der Waals surface area contributed by atoms with E-state index in [0.29, 0.717) is 35.2 Å². The smallest absolute Gasteiger partial charge is 0.321 e. The van der Waals surface area contributed by atoms with Crippen molar-refractivity contribution in [3.05, 3.63) is 28.2 Å². The van der Waals surface area contributed by atoms with E-state index in [2.05, 4.69) is 5.32 Å². The summed E-state index contributed by atoms with van der Waals surface area (Å²) in [7, 11) is 0. The van der Waals surface area contributed by atoms with E-state index < -0.39 is 0 Å². The molecule has 0 aromatic heterocycles. The normalized spacial score (nSPS) is 19.1. The van der Waals surface area contributed by atoms with E-state index in [9.17, 15) is 9.59 Å². The molecule has 20 heavy (non-hydrogen) atoms. The molecule has 1 aromatic rings. The third-order valence-corrected chi connectivity index (χ3v) is 4.21. The summed E-state index contributed by atoms with van der Waals surface area (Å²) in [5.41, 5.74) is 0.592. The number of piperidine rings is 1. The van der Waals surface area contributed by atoms with Gasteiger partial charge in [-0.2, -0.15) is 0 Å². The van der Waals surface area contributed by atoms with Crippen molar-refractivity contribution in [2.75, 3.05) is 18.4 Å². The Morgan fingerprint density at radius 3 is 2.80 bits per heavy atom. The number of benzene rings is 1. The quantitative estimate of drug-likeness (QED) is 0.902. The Labute approximate surface area is 128 Å². The second-order valence-electron chi connectivity index (χ2n) is 4.83. The van der Waals surface area contributed by atoms with Crippen LogP contribution in [0, 0.1) is 5.92 Å². The first-order chi connectivity index (χ1) is 9.51. The molecule has 4 nitrogen and oxygen atoms in total. The van der Waals surface area contributed by atoms with Crippen LogP contribution in [0.5, 0.6) is 0 Å². The van der Waals surface area contributed by atoms with E-state index >= 15 is 0 Å². The minimum atomic E-state index is -0.214. The topological polar surface area (TPSA) is 49.4 Å². The number of urea groups is 1. The van der Waals surface area contributed by atoms with Gasteiger partial charge in [0.2, 0.25) is 0 Å². The minimum Gasteiger partial charge on any atom is -0.323 e. The van der Waals surface area contributed by atoms with Crippen LogP contribution in [0.25, 0.3) is 0 Å². The summed E-state index contributed by atoms with van der Waals surface area (Å²) >= 11 is 11.7. The zero-order valence-corrected chi connectivity index (χ0v) is 12.7. The molecule has 2 amide bonds. The zero-order chi connectivity index (χ0) is 14.7. The summed E-state index contributed by atoms with van der Waals surface area (Å²) in [5.74, 6) is 0.189. The molecular formula is C14H16Cl2N2O2. The lowest BCUT2D eigenvalue weighted by Crippen LogP contribution is -2.45. The van der Waals surface area contributed by atoms with Crippen molar-refractivity contribution in [1.29, 1.82) is 0 Å². The first-order valence-corrected chi connectivity index (χ1v) is 7.30. The molecule has 1 atom stereocenters. The molecule has 1 fully saturated rings. The van der Waals surface area contributed by atoms with E-state index in [4.69, 9.17) is 23.2 Å². The van der Waals surface area contributed by atoms with Gasteiger partial charge in [0.1, 0.15) is 5.78 Å². The summed E-state index contributed by atoms with van der Waals surface area (Å²) in [5, 5.41) is 3.61. The number of halogens is 2. The number of Topliss-reactive ketones (excluding diaryl/α,β-unsaturated/α-hetero) is 1. The molecular weight excluding hydrogens is 299 g/mol. The maximum absolute atomic E-state index is 12.2. The van der Waals surface area contributed by atoms with Crippen LogP contribution in [-0.4, -0.2) is 29.8 Å². The molecule has 0 bridgehead atoms. The number of anilines is 1. The molecule has 0 aliphatic carbocycles. The summed E-state index contributed by atoms with van der Waals surface area (Å²) in [6, 6.07) is 4.72. The van der Waals surface area contributed by atoms with E-state index in [1.807, 2.05) is 6.92 Å². The molecule has 0 saturated carbocycles. The van der Waals surface area contributed by atoms with E-state index in [-0.39, 0.29) is 17.7 Å². The molecule has 1 aliphatic rings. The molecule has 1 unspecified atom stereocenters. The van der Waals surface area contributed by atoms with Gasteiger partial charge in [0.05, 0.1) is 10.0 Å². The van der Waals surface area contributed by atoms with Crippen molar-refractivity contribution in [3.63, 3.8) is 0 Å². The molecule has 1 heterocycles. The van der Waals surface area contributed by atoms with Crippen LogP contribution < -0.4 is 5.32 Å². The van der Waals surface area contributed by atoms with Gasteiger partial charge in [-0.15, -0.1) is 0 Å². The van der Waals surface area contributed by atoms with Gasteiger partial charge in [-0.25, -0.2) is 4.79 Å². The van der Waals surface area contributed by atoms with Gasteiger partial charge in [0.25, 0.3) is 0 Å². The lowest BCUT2D eigenvalue weighted by molar-refractivity contribution is -0.125. The SMILES string of the molecule is CCC1CN(C(=O)Nc2ccc(Cl)c(Cl)c2)CCC1=O. The summed E-state index contributed by atoms with van der Waals surface area (Å²) in [6.45, 7) is 2.90. The van der Waals surface area contributed by atoms with E-state index in [1.54, 1.807) is 23.1 Å². The highest BCUT2D eigenvalue weighted by molar-refractivity contribution is 6.42. The minimum absolute atomic E-state index is 0.0525. The van der Waals surface area contributed by atoms with Crippen LogP contribution in [0.1, 0.15) is 19.8 Å². The second-order valence-corrected chi connectivity index (χ2v) is 5.64. The van der Waals surface area contributed by atoms with Gasteiger partial charge in [-0.05, 0) is 24.6 Å². The largest absolute Gasteiger partial charge is 0.323 e. The number of carbonyl (C=O) groups excluding carboxylic acids is 2. The standard InChI is InChI=1S/C14H16Cl2N2O2/c1-2-9-8-18(6-5-13(9)19)14(20)17-10-3-4-11(15)12(16)7-10/h3-4,7,9H,2,5-6,8H2,1H3,(H,17,20). The highest BCUT2D eigenvalue weighted by Gasteiger charge is 2.28. The molecule has 0 spiro atoms. The van der Waals surface area contributed by atoms with Crippen molar-refractivity contribution in [2.24, 2.45) is 5.92 Å². The van der Waals surface area contributed by atoms with Crippen molar-refractivity contribution in [2.45, 2.75) is 19.8 Å². The maximum Gasteiger partial charge on any atom is 0.321 e. The van der Waals surface area contributed by atoms with Gasteiger partial charge in [-0.1, -0.05) is 30.1 Å². The van der Waals surface area contributed by atoms with Crippen molar-refractivity contribution in [3.8, 4) is 0 Å². The summed E-state index contributed by atoms with van der Waals surface area (Å²) in [6.07, 6.45) is 1.18. The lowest BCUT2D eigenvalue weighted by Gasteiger charge is -2.31. The Bertz CT molecular complexity index is 534. The molecule has 2 rings (SSSR count). The fourth-order valence-electron chi connectivity index (χ4n) is 2.23. The van der Waals surface area contributed by atoms with Crippen LogP contribution in [0.15, 0.2) is 18.2 Å². The Kier molecular flexibility index (Phi) is 4.89. The number of carbonyl (C=O) groups is 2.